The van der Waals surface area contributed by atoms with E-state index >= 15 is 0 Å². The number of unbranched alkanes of at least 4 members (excludes halogenated alkanes) is 1. The fraction of sp³-hybridized carbons (Fsp3) is 0.409. The highest BCUT2D eigenvalue weighted by Crippen LogP contribution is 2.23. The number of hydrogen-bond donors (Lipinski definition) is 3. The van der Waals surface area contributed by atoms with Gasteiger partial charge >= 0.3 is 0 Å². The Hall–Kier alpha value is -2.89. The van der Waals surface area contributed by atoms with Crippen LogP contribution in [-0.2, 0) is 13.0 Å². The van der Waals surface area contributed by atoms with Crippen molar-refractivity contribution in [3.05, 3.63) is 53.6 Å². The topological polar surface area (TPSA) is 75.1 Å². The van der Waals surface area contributed by atoms with Gasteiger partial charge in [-0.1, -0.05) is 12.1 Å². The number of rotatable bonds is 10. The molecule has 0 aromatic heterocycles. The summed E-state index contributed by atoms with van der Waals surface area (Å²) in [6.45, 7) is 4.03. The number of ether oxygens (including phenoxy) is 2. The van der Waals surface area contributed by atoms with E-state index in [0.29, 0.717) is 12.3 Å². The normalized spacial score (nSPS) is 11.2. The summed E-state index contributed by atoms with van der Waals surface area (Å²) < 4.78 is 10.4. The molecule has 0 saturated carbocycles. The Bertz CT molecular complexity index is 745. The van der Waals surface area contributed by atoms with Crippen LogP contribution in [0.15, 0.2) is 47.5 Å². The maximum atomic E-state index is 9.99. The number of guanidine groups is 1. The van der Waals surface area contributed by atoms with Crippen molar-refractivity contribution in [1.29, 1.82) is 0 Å². The van der Waals surface area contributed by atoms with Crippen LogP contribution in [0.4, 0.5) is 0 Å². The van der Waals surface area contributed by atoms with Crippen molar-refractivity contribution < 1.29 is 14.6 Å². The van der Waals surface area contributed by atoms with Crippen molar-refractivity contribution in [2.45, 2.75) is 32.7 Å². The lowest BCUT2D eigenvalue weighted by Gasteiger charge is -2.12. The van der Waals surface area contributed by atoms with Crippen LogP contribution in [0.5, 0.6) is 17.2 Å². The van der Waals surface area contributed by atoms with E-state index in [0.717, 1.165) is 49.6 Å². The Labute approximate surface area is 167 Å². The van der Waals surface area contributed by atoms with Gasteiger partial charge in [-0.15, -0.1) is 0 Å². The summed E-state index contributed by atoms with van der Waals surface area (Å²) in [6.07, 6.45) is 3.17. The number of aromatic hydroxyl groups is 1. The molecule has 2 rings (SSSR count). The number of benzene rings is 2. The van der Waals surface area contributed by atoms with E-state index in [1.165, 1.54) is 5.56 Å². The smallest absolute Gasteiger partial charge is 0.191 e. The van der Waals surface area contributed by atoms with E-state index in [1.54, 1.807) is 32.4 Å². The maximum absolute atomic E-state index is 9.99. The Morgan fingerprint density at radius 3 is 2.36 bits per heavy atom. The Balaban J connectivity index is 1.79. The third-order valence-corrected chi connectivity index (χ3v) is 4.38. The van der Waals surface area contributed by atoms with Gasteiger partial charge in [-0.3, -0.25) is 0 Å². The van der Waals surface area contributed by atoms with Gasteiger partial charge in [-0.25, -0.2) is 4.99 Å². The zero-order chi connectivity index (χ0) is 20.2. The van der Waals surface area contributed by atoms with Gasteiger partial charge in [-0.05, 0) is 62.1 Å². The van der Waals surface area contributed by atoms with Gasteiger partial charge in [-0.2, -0.15) is 0 Å². The molecular formula is C22H31N3O3. The fourth-order valence-electron chi connectivity index (χ4n) is 2.77. The van der Waals surface area contributed by atoms with E-state index in [4.69, 9.17) is 9.47 Å². The molecule has 0 heterocycles. The van der Waals surface area contributed by atoms with E-state index in [2.05, 4.69) is 27.8 Å². The van der Waals surface area contributed by atoms with Crippen LogP contribution in [0.25, 0.3) is 0 Å². The van der Waals surface area contributed by atoms with Crippen LogP contribution in [-0.4, -0.2) is 38.4 Å². The lowest BCUT2D eigenvalue weighted by molar-refractivity contribution is 0.411. The van der Waals surface area contributed by atoms with Crippen LogP contribution < -0.4 is 20.1 Å². The quantitative estimate of drug-likeness (QED) is 0.332. The van der Waals surface area contributed by atoms with Crippen LogP contribution >= 0.6 is 0 Å². The molecule has 28 heavy (non-hydrogen) atoms. The number of aliphatic imine (C=N–C) groups is 1. The van der Waals surface area contributed by atoms with Crippen LogP contribution in [0.1, 0.15) is 30.9 Å². The molecule has 6 heteroatoms. The van der Waals surface area contributed by atoms with Crippen molar-refractivity contribution in [2.75, 3.05) is 27.3 Å². The van der Waals surface area contributed by atoms with Gasteiger partial charge in [0, 0.05) is 18.7 Å². The van der Waals surface area contributed by atoms with Crippen LogP contribution in [0, 0.1) is 0 Å². The molecule has 0 radical (unpaired) electrons. The number of nitrogens with one attached hydrogen (secondary N) is 2. The second kappa shape index (κ2) is 11.7. The van der Waals surface area contributed by atoms with Crippen molar-refractivity contribution in [2.24, 2.45) is 4.99 Å². The molecule has 3 N–H and O–H groups in total. The first-order chi connectivity index (χ1) is 13.7. The predicted octanol–water partition coefficient (Wildman–Crippen LogP) is 3.49. The number of hydrogen-bond acceptors (Lipinski definition) is 4. The minimum atomic E-state index is 0.222. The average molecular weight is 386 g/mol. The molecule has 0 fully saturated rings. The van der Waals surface area contributed by atoms with Gasteiger partial charge in [0.2, 0.25) is 0 Å². The van der Waals surface area contributed by atoms with Crippen molar-refractivity contribution >= 4 is 5.96 Å². The van der Waals surface area contributed by atoms with Gasteiger partial charge < -0.3 is 25.2 Å². The molecule has 2 aromatic carbocycles. The first-order valence-corrected chi connectivity index (χ1v) is 9.67. The molecule has 0 amide bonds. The van der Waals surface area contributed by atoms with Crippen molar-refractivity contribution in [3.63, 3.8) is 0 Å². The summed E-state index contributed by atoms with van der Waals surface area (Å²) >= 11 is 0. The third-order valence-electron chi connectivity index (χ3n) is 4.38. The first kappa shape index (κ1) is 21.4. The molecule has 6 nitrogen and oxygen atoms in total. The Morgan fingerprint density at radius 1 is 0.964 bits per heavy atom. The molecule has 0 aliphatic rings. The first-order valence-electron chi connectivity index (χ1n) is 9.67. The number of phenols is 1. The number of nitrogens with zero attached hydrogens (tertiary/aromatic N) is 1. The molecule has 0 atom stereocenters. The molecular weight excluding hydrogens is 354 g/mol. The second-order valence-electron chi connectivity index (χ2n) is 6.42. The fourth-order valence-corrected chi connectivity index (χ4v) is 2.77. The lowest BCUT2D eigenvalue weighted by atomic mass is 10.1. The highest BCUT2D eigenvalue weighted by molar-refractivity contribution is 5.79. The summed E-state index contributed by atoms with van der Waals surface area (Å²) in [7, 11) is 3.29. The number of aryl methyl sites for hydroxylation is 1. The standard InChI is InChI=1S/C22H31N3O3/c1-4-23-22(25-16-18-15-20(28-3)12-13-21(18)26)24-14-6-5-7-17-8-10-19(27-2)11-9-17/h8-13,15,26H,4-7,14,16H2,1-3H3,(H2,23,24,25). The number of methoxy groups -OCH3 is 2. The van der Waals surface area contributed by atoms with Crippen LogP contribution in [0.2, 0.25) is 0 Å². The van der Waals surface area contributed by atoms with Gasteiger partial charge in [0.25, 0.3) is 0 Å². The van der Waals surface area contributed by atoms with Gasteiger partial charge in [0.05, 0.1) is 20.8 Å². The number of phenolic OH excluding ortho intramolecular Hbond substituents is 1. The highest BCUT2D eigenvalue weighted by atomic mass is 16.5. The third kappa shape index (κ3) is 7.02. The summed E-state index contributed by atoms with van der Waals surface area (Å²) in [5.41, 5.74) is 2.05. The minimum absolute atomic E-state index is 0.222. The largest absolute Gasteiger partial charge is 0.508 e. The molecule has 0 saturated heterocycles. The molecule has 0 unspecified atom stereocenters. The zero-order valence-electron chi connectivity index (χ0n) is 17.0. The van der Waals surface area contributed by atoms with E-state index in [-0.39, 0.29) is 5.75 Å². The average Bonchev–Trinajstić information content (AvgIpc) is 2.73. The molecule has 0 aliphatic carbocycles. The highest BCUT2D eigenvalue weighted by Gasteiger charge is 2.04. The summed E-state index contributed by atoms with van der Waals surface area (Å²) in [5.74, 6) is 2.56. The summed E-state index contributed by atoms with van der Waals surface area (Å²) in [6, 6.07) is 13.4. The van der Waals surface area contributed by atoms with Crippen molar-refractivity contribution in [1.82, 2.24) is 10.6 Å². The second-order valence-corrected chi connectivity index (χ2v) is 6.42. The van der Waals surface area contributed by atoms with E-state index < -0.39 is 0 Å². The van der Waals surface area contributed by atoms with Gasteiger partial charge in [0.15, 0.2) is 5.96 Å². The monoisotopic (exact) mass is 385 g/mol. The zero-order valence-corrected chi connectivity index (χ0v) is 17.0. The van der Waals surface area contributed by atoms with Gasteiger partial charge in [0.1, 0.15) is 17.2 Å². The Morgan fingerprint density at radius 2 is 1.68 bits per heavy atom. The van der Waals surface area contributed by atoms with E-state index in [9.17, 15) is 5.11 Å². The molecule has 2 aromatic rings. The van der Waals surface area contributed by atoms with Crippen molar-refractivity contribution in [3.8, 4) is 17.2 Å². The molecule has 0 aliphatic heterocycles. The Kier molecular flexibility index (Phi) is 8.98. The van der Waals surface area contributed by atoms with Crippen LogP contribution in [0.3, 0.4) is 0 Å². The maximum Gasteiger partial charge on any atom is 0.191 e. The molecule has 152 valence electrons. The predicted molar refractivity (Wildman–Crippen MR) is 113 cm³/mol. The summed E-state index contributed by atoms with van der Waals surface area (Å²) in [5, 5.41) is 16.6. The van der Waals surface area contributed by atoms with E-state index in [1.807, 2.05) is 19.1 Å². The molecule has 0 spiro atoms. The molecule has 0 bridgehead atoms. The lowest BCUT2D eigenvalue weighted by Crippen LogP contribution is -2.37. The summed E-state index contributed by atoms with van der Waals surface area (Å²) in [4.78, 5) is 4.56. The minimum Gasteiger partial charge on any atom is -0.508 e. The SMILES string of the molecule is CCNC(=NCc1cc(OC)ccc1O)NCCCCc1ccc(OC)cc1.